The van der Waals surface area contributed by atoms with E-state index in [0.717, 1.165) is 6.42 Å². The highest BCUT2D eigenvalue weighted by atomic mass is 35.5. The molecule has 0 aromatic heterocycles. The smallest absolute Gasteiger partial charge is 0.249 e. The highest BCUT2D eigenvalue weighted by Gasteiger charge is 2.29. The number of carbonyl (C=O) groups excluding carboxylic acids is 1. The van der Waals surface area contributed by atoms with Gasteiger partial charge in [0.05, 0.1) is 12.6 Å². The zero-order chi connectivity index (χ0) is 15.2. The van der Waals surface area contributed by atoms with Gasteiger partial charge in [0.15, 0.2) is 0 Å². The fourth-order valence-electron chi connectivity index (χ4n) is 2.24. The molecule has 1 aromatic carbocycles. The van der Waals surface area contributed by atoms with Crippen LogP contribution in [0.4, 0.5) is 4.39 Å². The number of ether oxygens (including phenoxy) is 2. The van der Waals surface area contributed by atoms with E-state index >= 15 is 0 Å². The average Bonchev–Trinajstić information content (AvgIpc) is 2.94. The minimum absolute atomic E-state index is 0. The molecule has 0 saturated carbocycles. The molecule has 3 N–H and O–H groups in total. The first-order chi connectivity index (χ1) is 10.1. The summed E-state index contributed by atoms with van der Waals surface area (Å²) in [6.45, 7) is 2.58. The number of halogens is 2. The van der Waals surface area contributed by atoms with Crippen molar-refractivity contribution in [2.75, 3.05) is 13.1 Å². The van der Waals surface area contributed by atoms with Crippen LogP contribution in [0, 0.1) is 5.82 Å². The molecule has 22 heavy (non-hydrogen) atoms. The molecule has 7 heteroatoms. The molecule has 1 heterocycles. The highest BCUT2D eigenvalue weighted by molar-refractivity contribution is 5.85. The van der Waals surface area contributed by atoms with Crippen molar-refractivity contribution in [1.29, 1.82) is 0 Å². The summed E-state index contributed by atoms with van der Waals surface area (Å²) < 4.78 is 24.1. The number of carbonyl (C=O) groups is 1. The molecule has 1 aromatic rings. The summed E-state index contributed by atoms with van der Waals surface area (Å²) in [5, 5.41) is 2.78. The second-order valence-electron chi connectivity index (χ2n) is 5.19. The fraction of sp³-hybridized carbons (Fsp3) is 0.533. The molecule has 1 unspecified atom stereocenters. The lowest BCUT2D eigenvalue weighted by Gasteiger charge is -2.17. The van der Waals surface area contributed by atoms with Gasteiger partial charge in [-0.15, -0.1) is 12.4 Å². The van der Waals surface area contributed by atoms with Gasteiger partial charge in [-0.2, -0.15) is 0 Å². The highest BCUT2D eigenvalue weighted by Crippen LogP contribution is 2.19. The van der Waals surface area contributed by atoms with E-state index in [4.69, 9.17) is 15.2 Å². The average molecular weight is 333 g/mol. The Bertz CT molecular complexity index is 490. The molecule has 0 bridgehead atoms. The van der Waals surface area contributed by atoms with Crippen molar-refractivity contribution in [3.63, 3.8) is 0 Å². The first-order valence-electron chi connectivity index (χ1n) is 7.14. The van der Waals surface area contributed by atoms with Gasteiger partial charge in [0.25, 0.3) is 0 Å². The Balaban J connectivity index is 0.00000242. The van der Waals surface area contributed by atoms with Gasteiger partial charge in [-0.05, 0) is 31.9 Å². The van der Waals surface area contributed by atoms with E-state index in [9.17, 15) is 9.18 Å². The third-order valence-corrected chi connectivity index (χ3v) is 3.36. The van der Waals surface area contributed by atoms with Crippen LogP contribution in [-0.2, 0) is 9.53 Å². The van der Waals surface area contributed by atoms with E-state index < -0.39 is 6.10 Å². The molecule has 1 aliphatic heterocycles. The number of rotatable bonds is 6. The number of nitrogens with two attached hydrogens (primary N) is 1. The lowest BCUT2D eigenvalue weighted by atomic mass is 10.2. The summed E-state index contributed by atoms with van der Waals surface area (Å²) >= 11 is 0. The third-order valence-electron chi connectivity index (χ3n) is 3.36. The second-order valence-corrected chi connectivity index (χ2v) is 5.19. The van der Waals surface area contributed by atoms with Crippen LogP contribution < -0.4 is 15.8 Å². The monoisotopic (exact) mass is 332 g/mol. The zero-order valence-electron chi connectivity index (χ0n) is 12.5. The maximum absolute atomic E-state index is 13.0. The van der Waals surface area contributed by atoms with Crippen LogP contribution in [0.3, 0.4) is 0 Å². The molecular formula is C15H22ClFN2O3. The van der Waals surface area contributed by atoms with E-state index in [1.165, 1.54) is 12.1 Å². The summed E-state index contributed by atoms with van der Waals surface area (Å²) in [4.78, 5) is 11.9. The van der Waals surface area contributed by atoms with Crippen LogP contribution in [0.15, 0.2) is 24.3 Å². The topological polar surface area (TPSA) is 73.6 Å². The molecule has 0 spiro atoms. The number of benzene rings is 1. The third kappa shape index (κ3) is 5.44. The van der Waals surface area contributed by atoms with E-state index in [1.54, 1.807) is 12.1 Å². The van der Waals surface area contributed by atoms with Crippen LogP contribution in [0.5, 0.6) is 5.75 Å². The molecule has 2 rings (SSSR count). The molecule has 1 aliphatic rings. The predicted molar refractivity (Wildman–Crippen MR) is 83.7 cm³/mol. The molecule has 3 atom stereocenters. The van der Waals surface area contributed by atoms with Crippen molar-refractivity contribution in [1.82, 2.24) is 5.32 Å². The van der Waals surface area contributed by atoms with Gasteiger partial charge in [0.2, 0.25) is 5.91 Å². The summed E-state index contributed by atoms with van der Waals surface area (Å²) in [7, 11) is 0. The summed E-state index contributed by atoms with van der Waals surface area (Å²) in [5.41, 5.74) is 5.51. The summed E-state index contributed by atoms with van der Waals surface area (Å²) in [6.07, 6.45) is 0.778. The van der Waals surface area contributed by atoms with Crippen LogP contribution >= 0.6 is 12.4 Å². The number of hydrogen-bond donors (Lipinski definition) is 2. The van der Waals surface area contributed by atoms with E-state index in [-0.39, 0.29) is 36.3 Å². The Morgan fingerprint density at radius 2 is 2.32 bits per heavy atom. The molecule has 5 nitrogen and oxygen atoms in total. The van der Waals surface area contributed by atoms with E-state index in [2.05, 4.69) is 5.32 Å². The number of hydrogen-bond acceptors (Lipinski definition) is 4. The predicted octanol–water partition coefficient (Wildman–Crippen LogP) is 1.64. The maximum atomic E-state index is 13.0. The molecule has 1 fully saturated rings. The van der Waals surface area contributed by atoms with Crippen LogP contribution in [0.1, 0.15) is 19.8 Å². The van der Waals surface area contributed by atoms with Crippen LogP contribution in [0.2, 0.25) is 0 Å². The number of amides is 1. The standard InChI is InChI=1S/C15H21FN2O3.ClH/c1-10(20-12-4-2-3-11(16)7-12)9-18-15(19)14-6-5-13(8-17)21-14;/h2-4,7,10,13-14H,5-6,8-9,17H2,1H3,(H,18,19);1H/t10?,13-,14+;/m1./s1. The Hall–Kier alpha value is -1.37. The summed E-state index contributed by atoms with van der Waals surface area (Å²) in [5.74, 6) is -0.0615. The Morgan fingerprint density at radius 3 is 2.95 bits per heavy atom. The van der Waals surface area contributed by atoms with E-state index in [1.807, 2.05) is 6.92 Å². The Labute approximate surface area is 135 Å². The lowest BCUT2D eigenvalue weighted by Crippen LogP contribution is -2.40. The van der Waals surface area contributed by atoms with Crippen molar-refractivity contribution >= 4 is 18.3 Å². The van der Waals surface area contributed by atoms with Gasteiger partial charge in [-0.1, -0.05) is 6.07 Å². The quantitative estimate of drug-likeness (QED) is 0.830. The van der Waals surface area contributed by atoms with Gasteiger partial charge in [-0.25, -0.2) is 4.39 Å². The second kappa shape index (κ2) is 8.92. The lowest BCUT2D eigenvalue weighted by molar-refractivity contribution is -0.132. The van der Waals surface area contributed by atoms with Crippen molar-refractivity contribution in [3.8, 4) is 5.75 Å². The minimum atomic E-state index is -0.431. The molecular weight excluding hydrogens is 311 g/mol. The van der Waals surface area contributed by atoms with Crippen molar-refractivity contribution in [3.05, 3.63) is 30.1 Å². The van der Waals surface area contributed by atoms with Gasteiger partial charge >= 0.3 is 0 Å². The number of nitrogens with one attached hydrogen (secondary N) is 1. The van der Waals surface area contributed by atoms with Crippen molar-refractivity contribution in [2.24, 2.45) is 5.73 Å². The van der Waals surface area contributed by atoms with Crippen LogP contribution in [-0.4, -0.2) is 37.3 Å². The first-order valence-corrected chi connectivity index (χ1v) is 7.14. The molecule has 124 valence electrons. The van der Waals surface area contributed by atoms with Crippen LogP contribution in [0.25, 0.3) is 0 Å². The van der Waals surface area contributed by atoms with E-state index in [0.29, 0.717) is 25.3 Å². The van der Waals surface area contributed by atoms with Gasteiger partial charge < -0.3 is 20.5 Å². The maximum Gasteiger partial charge on any atom is 0.249 e. The summed E-state index contributed by atoms with van der Waals surface area (Å²) in [6, 6.07) is 5.91. The van der Waals surface area contributed by atoms with Gasteiger partial charge in [0.1, 0.15) is 23.8 Å². The normalized spacial score (nSPS) is 21.8. The minimum Gasteiger partial charge on any atom is -0.489 e. The molecule has 1 saturated heterocycles. The van der Waals surface area contributed by atoms with Gasteiger partial charge in [-0.3, -0.25) is 4.79 Å². The fourth-order valence-corrected chi connectivity index (χ4v) is 2.24. The Kier molecular flexibility index (Phi) is 7.58. The molecule has 0 radical (unpaired) electrons. The Morgan fingerprint density at radius 1 is 1.55 bits per heavy atom. The molecule has 1 amide bonds. The zero-order valence-corrected chi connectivity index (χ0v) is 13.3. The first kappa shape index (κ1) is 18.7. The molecule has 0 aliphatic carbocycles. The SMILES string of the molecule is CC(CNC(=O)[C@@H]1CC[C@H](CN)O1)Oc1cccc(F)c1.Cl. The largest absolute Gasteiger partial charge is 0.489 e. The van der Waals surface area contributed by atoms with Gasteiger partial charge in [0, 0.05) is 12.6 Å². The van der Waals surface area contributed by atoms with Crippen molar-refractivity contribution < 1.29 is 18.7 Å². The van der Waals surface area contributed by atoms with Crippen molar-refractivity contribution in [2.45, 2.75) is 38.1 Å².